The van der Waals surface area contributed by atoms with E-state index in [1.54, 1.807) is 24.5 Å². The van der Waals surface area contributed by atoms with Crippen molar-refractivity contribution in [3.8, 4) is 11.4 Å². The number of hydrogen-bond acceptors (Lipinski definition) is 5. The van der Waals surface area contributed by atoms with Crippen molar-refractivity contribution < 1.29 is 4.79 Å². The maximum atomic E-state index is 11.8. The number of hydrogen-bond donors (Lipinski definition) is 2. The molecule has 2 aromatic rings. The number of amides is 1. The van der Waals surface area contributed by atoms with Gasteiger partial charge in [0.15, 0.2) is 5.82 Å². The number of rotatable bonds is 3. The van der Waals surface area contributed by atoms with E-state index < -0.39 is 0 Å². The predicted octanol–water partition coefficient (Wildman–Crippen LogP) is 1.26. The number of nitrogens with zero attached hydrogens (tertiary/aromatic N) is 3. The van der Waals surface area contributed by atoms with Gasteiger partial charge in [-0.2, -0.15) is 0 Å². The lowest BCUT2D eigenvalue weighted by Gasteiger charge is -2.10. The molecule has 6 nitrogen and oxygen atoms in total. The summed E-state index contributed by atoms with van der Waals surface area (Å²) in [6.07, 6.45) is 4.73. The number of carbonyl (C=O) groups is 1. The molecule has 0 saturated carbocycles. The highest BCUT2D eigenvalue weighted by atomic mass is 16.1. The Labute approximate surface area is 111 Å². The zero-order valence-electron chi connectivity index (χ0n) is 10.8. The summed E-state index contributed by atoms with van der Waals surface area (Å²) in [6.45, 7) is 3.75. The zero-order valence-corrected chi connectivity index (χ0v) is 10.8. The summed E-state index contributed by atoms with van der Waals surface area (Å²) in [5.74, 6) is 0.370. The molecule has 19 heavy (non-hydrogen) atoms. The van der Waals surface area contributed by atoms with Gasteiger partial charge in [-0.25, -0.2) is 9.97 Å². The molecular weight excluding hydrogens is 242 g/mol. The molecule has 3 N–H and O–H groups in total. The van der Waals surface area contributed by atoms with E-state index in [0.29, 0.717) is 5.82 Å². The van der Waals surface area contributed by atoms with Gasteiger partial charge in [0.25, 0.3) is 5.91 Å². The summed E-state index contributed by atoms with van der Waals surface area (Å²) < 4.78 is 0. The monoisotopic (exact) mass is 257 g/mol. The van der Waals surface area contributed by atoms with Gasteiger partial charge in [-0.05, 0) is 26.0 Å². The lowest BCUT2D eigenvalue weighted by Crippen LogP contribution is -2.31. The van der Waals surface area contributed by atoms with Crippen molar-refractivity contribution >= 4 is 11.7 Å². The van der Waals surface area contributed by atoms with Crippen molar-refractivity contribution in [3.05, 3.63) is 36.3 Å². The third-order valence-electron chi connectivity index (χ3n) is 2.42. The van der Waals surface area contributed by atoms with E-state index in [-0.39, 0.29) is 23.3 Å². The molecule has 0 unspecified atom stereocenters. The zero-order chi connectivity index (χ0) is 13.8. The molecule has 2 rings (SSSR count). The van der Waals surface area contributed by atoms with E-state index in [1.165, 1.54) is 6.20 Å². The third kappa shape index (κ3) is 3.04. The Morgan fingerprint density at radius 1 is 1.32 bits per heavy atom. The van der Waals surface area contributed by atoms with Gasteiger partial charge in [0.1, 0.15) is 5.82 Å². The van der Waals surface area contributed by atoms with Crippen LogP contribution >= 0.6 is 0 Å². The fraction of sp³-hybridized carbons (Fsp3) is 0.231. The van der Waals surface area contributed by atoms with Gasteiger partial charge >= 0.3 is 0 Å². The number of aromatic nitrogens is 3. The highest BCUT2D eigenvalue weighted by Crippen LogP contribution is 2.16. The van der Waals surface area contributed by atoms with Crippen LogP contribution in [0.5, 0.6) is 0 Å². The summed E-state index contributed by atoms with van der Waals surface area (Å²) in [5.41, 5.74) is 6.89. The molecule has 0 bridgehead atoms. The lowest BCUT2D eigenvalue weighted by atomic mass is 10.2. The summed E-state index contributed by atoms with van der Waals surface area (Å²) >= 11 is 0. The van der Waals surface area contributed by atoms with Crippen molar-refractivity contribution in [3.63, 3.8) is 0 Å². The number of carbonyl (C=O) groups excluding carboxylic acids is 1. The first-order valence-electron chi connectivity index (χ1n) is 5.91. The van der Waals surface area contributed by atoms with E-state index in [9.17, 15) is 4.79 Å². The second-order valence-electron chi connectivity index (χ2n) is 4.36. The molecular formula is C13H15N5O. The molecule has 2 aromatic heterocycles. The minimum absolute atomic E-state index is 0.0341. The second kappa shape index (κ2) is 5.43. The van der Waals surface area contributed by atoms with Crippen LogP contribution in [0.2, 0.25) is 0 Å². The fourth-order valence-corrected chi connectivity index (χ4v) is 1.55. The normalized spacial score (nSPS) is 10.5. The molecule has 0 aliphatic rings. The van der Waals surface area contributed by atoms with E-state index >= 15 is 0 Å². The van der Waals surface area contributed by atoms with Gasteiger partial charge in [0.2, 0.25) is 0 Å². The lowest BCUT2D eigenvalue weighted by molar-refractivity contribution is 0.0943. The molecule has 98 valence electrons. The van der Waals surface area contributed by atoms with Crippen molar-refractivity contribution in [1.82, 2.24) is 20.3 Å². The number of nitrogen functional groups attached to an aromatic ring is 1. The van der Waals surface area contributed by atoms with Gasteiger partial charge < -0.3 is 11.1 Å². The topological polar surface area (TPSA) is 93.8 Å². The van der Waals surface area contributed by atoms with E-state index in [2.05, 4.69) is 20.3 Å². The quantitative estimate of drug-likeness (QED) is 0.863. The Morgan fingerprint density at radius 2 is 2.00 bits per heavy atom. The smallest absolute Gasteiger partial charge is 0.256 e. The first kappa shape index (κ1) is 12.9. The Kier molecular flexibility index (Phi) is 3.70. The highest BCUT2D eigenvalue weighted by Gasteiger charge is 2.13. The Bertz CT molecular complexity index is 583. The molecule has 0 aliphatic heterocycles. The first-order valence-corrected chi connectivity index (χ1v) is 5.91. The molecule has 0 radical (unpaired) electrons. The predicted molar refractivity (Wildman–Crippen MR) is 72.3 cm³/mol. The van der Waals surface area contributed by atoms with Crippen molar-refractivity contribution in [2.45, 2.75) is 19.9 Å². The highest BCUT2D eigenvalue weighted by molar-refractivity contribution is 5.98. The molecule has 0 spiro atoms. The first-order chi connectivity index (χ1) is 9.08. The number of anilines is 1. The second-order valence-corrected chi connectivity index (χ2v) is 4.36. The number of pyridine rings is 1. The van der Waals surface area contributed by atoms with Crippen molar-refractivity contribution in [2.75, 3.05) is 5.73 Å². The standard InChI is InChI=1S/C13H15N5O/c1-8(2)17-13(19)10-7-16-12(18-11(10)14)9-3-5-15-6-4-9/h3-8H,1-2H3,(H,17,19)(H2,14,16,18). The fourth-order valence-electron chi connectivity index (χ4n) is 1.55. The minimum Gasteiger partial charge on any atom is -0.383 e. The molecule has 0 aromatic carbocycles. The Morgan fingerprint density at radius 3 is 2.58 bits per heavy atom. The molecule has 0 fully saturated rings. The van der Waals surface area contributed by atoms with Crippen LogP contribution < -0.4 is 11.1 Å². The molecule has 0 aliphatic carbocycles. The average Bonchev–Trinajstić information content (AvgIpc) is 2.38. The van der Waals surface area contributed by atoms with E-state index in [1.807, 2.05) is 13.8 Å². The molecule has 0 atom stereocenters. The van der Waals surface area contributed by atoms with Crippen molar-refractivity contribution in [1.29, 1.82) is 0 Å². The van der Waals surface area contributed by atoms with Gasteiger partial charge in [-0.15, -0.1) is 0 Å². The van der Waals surface area contributed by atoms with Crippen molar-refractivity contribution in [2.24, 2.45) is 0 Å². The van der Waals surface area contributed by atoms with Gasteiger partial charge in [0.05, 0.1) is 5.56 Å². The number of nitrogens with two attached hydrogens (primary N) is 1. The van der Waals surface area contributed by atoms with Crippen LogP contribution in [-0.4, -0.2) is 26.9 Å². The van der Waals surface area contributed by atoms with Gasteiger partial charge in [0, 0.05) is 30.2 Å². The molecule has 2 heterocycles. The summed E-state index contributed by atoms with van der Waals surface area (Å²) in [5, 5.41) is 2.75. The van der Waals surface area contributed by atoms with Crippen LogP contribution in [0, 0.1) is 0 Å². The third-order valence-corrected chi connectivity index (χ3v) is 2.42. The van der Waals surface area contributed by atoms with Gasteiger partial charge in [-0.1, -0.05) is 0 Å². The molecule has 1 amide bonds. The summed E-state index contributed by atoms with van der Waals surface area (Å²) in [7, 11) is 0. The average molecular weight is 257 g/mol. The molecule has 6 heteroatoms. The summed E-state index contributed by atoms with van der Waals surface area (Å²) in [4.78, 5) is 24.1. The number of nitrogens with one attached hydrogen (secondary N) is 1. The van der Waals surface area contributed by atoms with Crippen LogP contribution in [0.15, 0.2) is 30.7 Å². The Hall–Kier alpha value is -2.50. The van der Waals surface area contributed by atoms with Crippen LogP contribution in [0.1, 0.15) is 24.2 Å². The molecule has 0 saturated heterocycles. The van der Waals surface area contributed by atoms with E-state index in [0.717, 1.165) is 5.56 Å². The minimum atomic E-state index is -0.270. The van der Waals surface area contributed by atoms with Crippen LogP contribution in [0.3, 0.4) is 0 Å². The largest absolute Gasteiger partial charge is 0.383 e. The van der Waals surface area contributed by atoms with E-state index in [4.69, 9.17) is 5.73 Å². The van der Waals surface area contributed by atoms with Gasteiger partial charge in [-0.3, -0.25) is 9.78 Å². The SMILES string of the molecule is CC(C)NC(=O)c1cnc(-c2ccncc2)nc1N. The Balaban J connectivity index is 2.30. The van der Waals surface area contributed by atoms with Crippen LogP contribution in [-0.2, 0) is 0 Å². The van der Waals surface area contributed by atoms with Crippen LogP contribution in [0.4, 0.5) is 5.82 Å². The maximum absolute atomic E-state index is 11.8. The van der Waals surface area contributed by atoms with Crippen LogP contribution in [0.25, 0.3) is 11.4 Å². The maximum Gasteiger partial charge on any atom is 0.256 e. The summed E-state index contributed by atoms with van der Waals surface area (Å²) in [6, 6.07) is 3.59.